The third kappa shape index (κ3) is 4.20. The van der Waals surface area contributed by atoms with Gasteiger partial charge >= 0.3 is 0 Å². The van der Waals surface area contributed by atoms with E-state index in [0.717, 1.165) is 30.9 Å². The average Bonchev–Trinajstić information content (AvgIpc) is 2.62. The lowest BCUT2D eigenvalue weighted by atomic mass is 10.0. The van der Waals surface area contributed by atoms with Crippen LogP contribution in [0.1, 0.15) is 18.9 Å². The van der Waals surface area contributed by atoms with Gasteiger partial charge in [0.2, 0.25) is 0 Å². The number of aryl methyl sites for hydroxylation is 1. The quantitative estimate of drug-likeness (QED) is 0.847. The van der Waals surface area contributed by atoms with Gasteiger partial charge < -0.3 is 19.5 Å². The molecule has 1 aliphatic heterocycles. The molecule has 3 rings (SSSR count). The van der Waals surface area contributed by atoms with Crippen molar-refractivity contribution < 1.29 is 14.6 Å². The number of aliphatic hydroxyl groups excluding tert-OH is 1. The van der Waals surface area contributed by atoms with E-state index in [1.165, 1.54) is 11.3 Å². The van der Waals surface area contributed by atoms with E-state index in [1.807, 2.05) is 31.2 Å². The number of hydrogen-bond acceptors (Lipinski definition) is 4. The van der Waals surface area contributed by atoms with Crippen molar-refractivity contribution in [1.29, 1.82) is 0 Å². The largest absolute Gasteiger partial charge is 0.494 e. The average molecular weight is 327 g/mol. The molecule has 4 nitrogen and oxygen atoms in total. The number of para-hydroxylation sites is 1. The third-order valence-electron chi connectivity index (χ3n) is 4.21. The van der Waals surface area contributed by atoms with Crippen molar-refractivity contribution in [3.8, 4) is 11.5 Å². The first kappa shape index (κ1) is 16.7. The summed E-state index contributed by atoms with van der Waals surface area (Å²) in [7, 11) is 0. The molecule has 1 heterocycles. The summed E-state index contributed by atoms with van der Waals surface area (Å²) in [5.74, 6) is 1.58. The van der Waals surface area contributed by atoms with Crippen LogP contribution in [-0.2, 0) is 6.42 Å². The summed E-state index contributed by atoms with van der Waals surface area (Å²) < 4.78 is 11.1. The van der Waals surface area contributed by atoms with Gasteiger partial charge in [-0.3, -0.25) is 0 Å². The van der Waals surface area contributed by atoms with Crippen LogP contribution in [0.2, 0.25) is 0 Å². The minimum absolute atomic E-state index is 0.284. The molecule has 0 fully saturated rings. The molecule has 1 N–H and O–H groups in total. The Bertz CT molecular complexity index is 642. The molecule has 0 spiro atoms. The van der Waals surface area contributed by atoms with Gasteiger partial charge in [0.05, 0.1) is 6.61 Å². The van der Waals surface area contributed by atoms with Crippen molar-refractivity contribution in [2.24, 2.45) is 0 Å². The lowest BCUT2D eigenvalue weighted by Gasteiger charge is -2.32. The zero-order valence-electron chi connectivity index (χ0n) is 14.1. The maximum absolute atomic E-state index is 10.3. The Kier molecular flexibility index (Phi) is 5.59. The van der Waals surface area contributed by atoms with Gasteiger partial charge in [0.15, 0.2) is 0 Å². The summed E-state index contributed by atoms with van der Waals surface area (Å²) in [5.41, 5.74) is 2.60. The van der Waals surface area contributed by atoms with E-state index >= 15 is 0 Å². The smallest absolute Gasteiger partial charge is 0.119 e. The molecule has 128 valence electrons. The number of β-amino-alcohol motifs (C(OH)–C–C–N with tert-alkyl or cyclic N) is 1. The first-order valence-corrected chi connectivity index (χ1v) is 8.63. The fourth-order valence-electron chi connectivity index (χ4n) is 3.10. The number of rotatable bonds is 7. The molecule has 4 heteroatoms. The summed E-state index contributed by atoms with van der Waals surface area (Å²) in [6, 6.07) is 15.9. The second kappa shape index (κ2) is 8.06. The molecule has 2 aromatic carbocycles. The first-order chi connectivity index (χ1) is 11.8. The maximum Gasteiger partial charge on any atom is 0.119 e. The van der Waals surface area contributed by atoms with Crippen molar-refractivity contribution in [1.82, 2.24) is 0 Å². The lowest BCUT2D eigenvalue weighted by Crippen LogP contribution is -2.38. The van der Waals surface area contributed by atoms with E-state index in [9.17, 15) is 5.11 Å². The topological polar surface area (TPSA) is 41.9 Å². The summed E-state index contributed by atoms with van der Waals surface area (Å²) in [4.78, 5) is 2.26. The summed E-state index contributed by atoms with van der Waals surface area (Å²) in [6.07, 6.45) is 1.72. The molecular weight excluding hydrogens is 302 g/mol. The molecule has 0 aromatic heterocycles. The second-order valence-electron chi connectivity index (χ2n) is 6.05. The number of anilines is 1. The molecule has 1 atom stereocenters. The van der Waals surface area contributed by atoms with Gasteiger partial charge in [0.1, 0.15) is 24.2 Å². The molecule has 0 amide bonds. The summed E-state index contributed by atoms with van der Waals surface area (Å²) in [6.45, 7) is 4.47. The molecule has 0 radical (unpaired) electrons. The molecule has 0 unspecified atom stereocenters. The Morgan fingerprint density at radius 1 is 1.04 bits per heavy atom. The number of hydrogen-bond donors (Lipinski definition) is 1. The van der Waals surface area contributed by atoms with Gasteiger partial charge in [0, 0.05) is 18.8 Å². The fourth-order valence-corrected chi connectivity index (χ4v) is 3.10. The molecule has 1 aliphatic rings. The van der Waals surface area contributed by atoms with Gasteiger partial charge in [-0.25, -0.2) is 0 Å². The standard InChI is InChI=1S/C20H25NO3/c1-2-23-18-9-11-19(12-10-18)24-15-17(22)14-21-13-5-7-16-6-3-4-8-20(16)21/h3-4,6,8-12,17,22H,2,5,7,13-15H2,1H3/t17-/m1/s1. The van der Waals surface area contributed by atoms with Gasteiger partial charge in [-0.15, -0.1) is 0 Å². The van der Waals surface area contributed by atoms with Crippen LogP contribution in [0.4, 0.5) is 5.69 Å². The van der Waals surface area contributed by atoms with Gasteiger partial charge in [-0.2, -0.15) is 0 Å². The van der Waals surface area contributed by atoms with Crippen LogP contribution < -0.4 is 14.4 Å². The van der Waals surface area contributed by atoms with E-state index in [2.05, 4.69) is 29.2 Å². The molecule has 0 aliphatic carbocycles. The lowest BCUT2D eigenvalue weighted by molar-refractivity contribution is 0.112. The van der Waals surface area contributed by atoms with Gasteiger partial charge in [-0.1, -0.05) is 18.2 Å². The Hall–Kier alpha value is -2.20. The number of ether oxygens (including phenoxy) is 2. The predicted molar refractivity (Wildman–Crippen MR) is 96.1 cm³/mol. The van der Waals surface area contributed by atoms with Crippen molar-refractivity contribution in [2.75, 3.05) is 31.2 Å². The van der Waals surface area contributed by atoms with Crippen LogP contribution in [0, 0.1) is 0 Å². The second-order valence-corrected chi connectivity index (χ2v) is 6.05. The predicted octanol–water partition coefficient (Wildman–Crippen LogP) is 3.28. The van der Waals surface area contributed by atoms with Crippen LogP contribution in [0.25, 0.3) is 0 Å². The monoisotopic (exact) mass is 327 g/mol. The Morgan fingerprint density at radius 2 is 1.75 bits per heavy atom. The van der Waals surface area contributed by atoms with Crippen LogP contribution in [0.15, 0.2) is 48.5 Å². The van der Waals surface area contributed by atoms with E-state index in [4.69, 9.17) is 9.47 Å². The van der Waals surface area contributed by atoms with E-state index in [-0.39, 0.29) is 6.61 Å². The molecule has 0 saturated heterocycles. The van der Waals surface area contributed by atoms with E-state index in [1.54, 1.807) is 0 Å². The molecule has 24 heavy (non-hydrogen) atoms. The highest BCUT2D eigenvalue weighted by molar-refractivity contribution is 5.55. The molecule has 0 saturated carbocycles. The zero-order chi connectivity index (χ0) is 16.8. The highest BCUT2D eigenvalue weighted by Gasteiger charge is 2.19. The zero-order valence-corrected chi connectivity index (χ0v) is 14.1. The molecular formula is C20H25NO3. The number of aliphatic hydroxyl groups is 1. The van der Waals surface area contributed by atoms with Crippen molar-refractivity contribution in [3.63, 3.8) is 0 Å². The third-order valence-corrected chi connectivity index (χ3v) is 4.21. The number of fused-ring (bicyclic) bond motifs is 1. The Balaban J connectivity index is 1.52. The first-order valence-electron chi connectivity index (χ1n) is 8.63. The Labute approximate surface area is 143 Å². The summed E-state index contributed by atoms with van der Waals surface area (Å²) >= 11 is 0. The number of benzene rings is 2. The maximum atomic E-state index is 10.3. The van der Waals surface area contributed by atoms with E-state index in [0.29, 0.717) is 13.2 Å². The SMILES string of the molecule is CCOc1ccc(OC[C@H](O)CN2CCCc3ccccc32)cc1. The summed E-state index contributed by atoms with van der Waals surface area (Å²) in [5, 5.41) is 10.3. The van der Waals surface area contributed by atoms with Crippen LogP contribution >= 0.6 is 0 Å². The van der Waals surface area contributed by atoms with Gasteiger partial charge in [-0.05, 0) is 55.7 Å². The normalized spacial score (nSPS) is 14.8. The molecule has 0 bridgehead atoms. The van der Waals surface area contributed by atoms with Crippen LogP contribution in [0.3, 0.4) is 0 Å². The van der Waals surface area contributed by atoms with Crippen molar-refractivity contribution >= 4 is 5.69 Å². The van der Waals surface area contributed by atoms with Crippen molar-refractivity contribution in [2.45, 2.75) is 25.9 Å². The van der Waals surface area contributed by atoms with Gasteiger partial charge in [0.25, 0.3) is 0 Å². The van der Waals surface area contributed by atoms with Crippen LogP contribution in [0.5, 0.6) is 11.5 Å². The minimum atomic E-state index is -0.525. The highest BCUT2D eigenvalue weighted by Crippen LogP contribution is 2.26. The van der Waals surface area contributed by atoms with Crippen molar-refractivity contribution in [3.05, 3.63) is 54.1 Å². The van der Waals surface area contributed by atoms with Crippen LogP contribution in [-0.4, -0.2) is 37.5 Å². The Morgan fingerprint density at radius 3 is 2.50 bits per heavy atom. The minimum Gasteiger partial charge on any atom is -0.494 e. The highest BCUT2D eigenvalue weighted by atomic mass is 16.5. The number of nitrogens with zero attached hydrogens (tertiary/aromatic N) is 1. The molecule has 2 aromatic rings. The van der Waals surface area contributed by atoms with E-state index < -0.39 is 6.10 Å². The fraction of sp³-hybridized carbons (Fsp3) is 0.400.